The lowest BCUT2D eigenvalue weighted by atomic mass is 10.2. The number of nitrogens with one attached hydrogen (secondary N) is 2. The van der Waals surface area contributed by atoms with E-state index in [1.54, 1.807) is 0 Å². The molecule has 0 saturated carbocycles. The summed E-state index contributed by atoms with van der Waals surface area (Å²) in [5.74, 6) is 8.47. The Kier molecular flexibility index (Phi) is 3.86. The molecule has 0 aromatic carbocycles. The molecule has 0 bridgehead atoms. The quantitative estimate of drug-likeness (QED) is 0.160. The largest absolute Gasteiger partial charge is 0.291 e. The maximum absolute atomic E-state index is 10.6. The van der Waals surface area contributed by atoms with Gasteiger partial charge < -0.3 is 0 Å². The highest BCUT2D eigenvalue weighted by atomic mass is 16.2. The van der Waals surface area contributed by atoms with E-state index in [0.29, 0.717) is 0 Å². The minimum absolute atomic E-state index is 0.190. The zero-order chi connectivity index (χ0) is 8.85. The lowest BCUT2D eigenvalue weighted by molar-refractivity contribution is -0.119. The molecule has 0 aromatic rings. The van der Waals surface area contributed by atoms with E-state index in [1.165, 1.54) is 6.92 Å². The van der Waals surface area contributed by atoms with Crippen LogP contribution in [-0.4, -0.2) is 11.8 Å². The molecule has 2 amide bonds. The SMILES string of the molecule is C/C(=C\C(=O)NN)C(=O)NN. The van der Waals surface area contributed by atoms with Gasteiger partial charge in [-0.3, -0.25) is 20.4 Å². The van der Waals surface area contributed by atoms with E-state index in [4.69, 9.17) is 11.7 Å². The molecular weight excluding hydrogens is 148 g/mol. The number of hydrogen-bond acceptors (Lipinski definition) is 4. The molecule has 0 unspecified atom stereocenters. The number of carbonyl (C=O) groups is 2. The number of nitrogens with two attached hydrogens (primary N) is 2. The maximum Gasteiger partial charge on any atom is 0.261 e. The Labute approximate surface area is 63.6 Å². The molecular formula is C5H10N4O2. The molecule has 0 saturated heterocycles. The predicted octanol–water partition coefficient (Wildman–Crippen LogP) is -2.09. The van der Waals surface area contributed by atoms with Gasteiger partial charge in [-0.2, -0.15) is 0 Å². The first-order chi connectivity index (χ1) is 5.11. The number of rotatable bonds is 2. The van der Waals surface area contributed by atoms with E-state index in [9.17, 15) is 9.59 Å². The van der Waals surface area contributed by atoms with Gasteiger partial charge in [-0.05, 0) is 6.92 Å². The van der Waals surface area contributed by atoms with Crippen LogP contribution in [0.15, 0.2) is 11.6 Å². The highest BCUT2D eigenvalue weighted by Gasteiger charge is 2.02. The lowest BCUT2D eigenvalue weighted by Gasteiger charge is -1.97. The second-order valence-electron chi connectivity index (χ2n) is 1.81. The first-order valence-electron chi connectivity index (χ1n) is 2.81. The smallest absolute Gasteiger partial charge is 0.261 e. The van der Waals surface area contributed by atoms with Gasteiger partial charge in [0.25, 0.3) is 11.8 Å². The Balaban J connectivity index is 4.21. The summed E-state index contributed by atoms with van der Waals surface area (Å²) in [6.07, 6.45) is 1.04. The van der Waals surface area contributed by atoms with Crippen LogP contribution < -0.4 is 22.5 Å². The van der Waals surface area contributed by atoms with E-state index in [0.717, 1.165) is 6.08 Å². The molecule has 0 spiro atoms. The van der Waals surface area contributed by atoms with Crippen LogP contribution in [-0.2, 0) is 9.59 Å². The van der Waals surface area contributed by atoms with E-state index >= 15 is 0 Å². The number of hydrazine groups is 2. The average Bonchev–Trinajstić information content (AvgIpc) is 2.02. The molecule has 0 atom stereocenters. The third-order valence-electron chi connectivity index (χ3n) is 0.979. The molecule has 0 fully saturated rings. The number of hydrogen-bond donors (Lipinski definition) is 4. The van der Waals surface area contributed by atoms with E-state index in [-0.39, 0.29) is 5.57 Å². The Morgan fingerprint density at radius 3 is 2.18 bits per heavy atom. The van der Waals surface area contributed by atoms with Crippen molar-refractivity contribution in [3.05, 3.63) is 11.6 Å². The summed E-state index contributed by atoms with van der Waals surface area (Å²) >= 11 is 0. The van der Waals surface area contributed by atoms with Crippen molar-refractivity contribution in [1.82, 2.24) is 10.9 Å². The summed E-state index contributed by atoms with van der Waals surface area (Å²) in [5, 5.41) is 0. The summed E-state index contributed by atoms with van der Waals surface area (Å²) < 4.78 is 0. The van der Waals surface area contributed by atoms with Crippen LogP contribution in [0.1, 0.15) is 6.92 Å². The Bertz CT molecular complexity index is 199. The van der Waals surface area contributed by atoms with Crippen LogP contribution in [0.2, 0.25) is 0 Å². The summed E-state index contributed by atoms with van der Waals surface area (Å²) in [5.41, 5.74) is 3.90. The highest BCUT2D eigenvalue weighted by Crippen LogP contribution is 1.89. The minimum Gasteiger partial charge on any atom is -0.291 e. The van der Waals surface area contributed by atoms with Gasteiger partial charge in [0.2, 0.25) is 0 Å². The number of amides is 2. The monoisotopic (exact) mass is 158 g/mol. The fourth-order valence-electron chi connectivity index (χ4n) is 0.418. The van der Waals surface area contributed by atoms with Crippen molar-refractivity contribution in [1.29, 1.82) is 0 Å². The third kappa shape index (κ3) is 3.33. The molecule has 62 valence electrons. The molecule has 6 nitrogen and oxygen atoms in total. The molecule has 0 radical (unpaired) electrons. The summed E-state index contributed by atoms with van der Waals surface area (Å²) in [6, 6.07) is 0. The van der Waals surface area contributed by atoms with Gasteiger partial charge in [0.05, 0.1) is 0 Å². The van der Waals surface area contributed by atoms with Crippen LogP contribution in [0.4, 0.5) is 0 Å². The van der Waals surface area contributed by atoms with Gasteiger partial charge in [-0.1, -0.05) is 0 Å². The maximum atomic E-state index is 10.6. The molecule has 0 aliphatic carbocycles. The molecule has 6 N–H and O–H groups in total. The van der Waals surface area contributed by atoms with E-state index in [1.807, 2.05) is 10.9 Å². The summed E-state index contributed by atoms with van der Waals surface area (Å²) in [6.45, 7) is 1.44. The second kappa shape index (κ2) is 4.42. The van der Waals surface area contributed by atoms with Crippen molar-refractivity contribution >= 4 is 11.8 Å². The van der Waals surface area contributed by atoms with Gasteiger partial charge in [-0.25, -0.2) is 11.7 Å². The van der Waals surface area contributed by atoms with E-state index in [2.05, 4.69) is 0 Å². The van der Waals surface area contributed by atoms with Gasteiger partial charge in [0, 0.05) is 11.6 Å². The average molecular weight is 158 g/mol. The topological polar surface area (TPSA) is 110 Å². The normalized spacial score (nSPS) is 10.6. The molecule has 0 rings (SSSR count). The van der Waals surface area contributed by atoms with Crippen molar-refractivity contribution in [2.75, 3.05) is 0 Å². The minimum atomic E-state index is -0.550. The summed E-state index contributed by atoms with van der Waals surface area (Å²) in [7, 11) is 0. The van der Waals surface area contributed by atoms with Crippen molar-refractivity contribution < 1.29 is 9.59 Å². The zero-order valence-electron chi connectivity index (χ0n) is 6.05. The van der Waals surface area contributed by atoms with Gasteiger partial charge in [0.1, 0.15) is 0 Å². The van der Waals surface area contributed by atoms with Gasteiger partial charge in [-0.15, -0.1) is 0 Å². The molecule has 0 aliphatic rings. The first kappa shape index (κ1) is 9.60. The lowest BCUT2D eigenvalue weighted by Crippen LogP contribution is -2.33. The Morgan fingerprint density at radius 2 is 1.82 bits per heavy atom. The van der Waals surface area contributed by atoms with Crippen LogP contribution in [0.5, 0.6) is 0 Å². The number of carbonyl (C=O) groups excluding carboxylic acids is 2. The third-order valence-corrected chi connectivity index (χ3v) is 0.979. The molecule has 6 heteroatoms. The summed E-state index contributed by atoms with van der Waals surface area (Å²) in [4.78, 5) is 21.1. The van der Waals surface area contributed by atoms with Gasteiger partial charge >= 0.3 is 0 Å². The molecule has 0 aliphatic heterocycles. The van der Waals surface area contributed by atoms with Crippen molar-refractivity contribution in [3.8, 4) is 0 Å². The second-order valence-corrected chi connectivity index (χ2v) is 1.81. The van der Waals surface area contributed by atoms with Crippen LogP contribution in [0.3, 0.4) is 0 Å². The van der Waals surface area contributed by atoms with Crippen LogP contribution in [0.25, 0.3) is 0 Å². The Morgan fingerprint density at radius 1 is 1.27 bits per heavy atom. The van der Waals surface area contributed by atoms with Crippen LogP contribution >= 0.6 is 0 Å². The fourth-order valence-corrected chi connectivity index (χ4v) is 0.418. The standard InChI is InChI=1S/C5H10N4O2/c1-3(5(11)9-7)2-4(10)8-6/h2H,6-7H2,1H3,(H,8,10)(H,9,11)/b3-2+. The fraction of sp³-hybridized carbons (Fsp3) is 0.200. The first-order valence-corrected chi connectivity index (χ1v) is 2.81. The molecule has 0 heterocycles. The van der Waals surface area contributed by atoms with Gasteiger partial charge in [0.15, 0.2) is 0 Å². The highest BCUT2D eigenvalue weighted by molar-refractivity contribution is 6.00. The Hall–Kier alpha value is -1.40. The predicted molar refractivity (Wildman–Crippen MR) is 38.4 cm³/mol. The van der Waals surface area contributed by atoms with Crippen molar-refractivity contribution in [2.24, 2.45) is 11.7 Å². The molecule has 0 aromatic heterocycles. The zero-order valence-corrected chi connectivity index (χ0v) is 6.05. The van der Waals surface area contributed by atoms with Crippen molar-refractivity contribution in [2.45, 2.75) is 6.92 Å². The van der Waals surface area contributed by atoms with Crippen molar-refractivity contribution in [3.63, 3.8) is 0 Å². The van der Waals surface area contributed by atoms with E-state index < -0.39 is 11.8 Å². The van der Waals surface area contributed by atoms with Crippen LogP contribution in [0, 0.1) is 0 Å². The molecule has 11 heavy (non-hydrogen) atoms.